The Labute approximate surface area is 158 Å². The van der Waals surface area contributed by atoms with Crippen LogP contribution >= 0.6 is 11.8 Å². The summed E-state index contributed by atoms with van der Waals surface area (Å²) in [4.78, 5) is 0.197. The Hall–Kier alpha value is -0.880. The van der Waals surface area contributed by atoms with E-state index in [-0.39, 0.29) is 4.90 Å². The fraction of sp³-hybridized carbons (Fsp3) is 0.700. The summed E-state index contributed by atoms with van der Waals surface area (Å²) in [6, 6.07) is 4.17. The van der Waals surface area contributed by atoms with Crippen LogP contribution in [0.15, 0.2) is 23.1 Å². The summed E-state index contributed by atoms with van der Waals surface area (Å²) in [6.45, 7) is 2.77. The summed E-state index contributed by atoms with van der Waals surface area (Å²) in [5.41, 5.74) is -0.609. The molecule has 26 heavy (non-hydrogen) atoms. The molecule has 0 aliphatic carbocycles. The van der Waals surface area contributed by atoms with Crippen molar-refractivity contribution < 1.29 is 22.6 Å². The molecule has 148 valence electrons. The normalized spacial score (nSPS) is 18.1. The average Bonchev–Trinajstić information content (AvgIpc) is 2.62. The summed E-state index contributed by atoms with van der Waals surface area (Å²) in [6.07, 6.45) is 4.59. The van der Waals surface area contributed by atoms with Crippen LogP contribution in [0, 0.1) is 0 Å². The molecule has 1 fully saturated rings. The van der Waals surface area contributed by atoms with Crippen LogP contribution in [-0.2, 0) is 10.9 Å². The Morgan fingerprint density at radius 1 is 1.12 bits per heavy atom. The molecule has 0 spiro atoms. The highest BCUT2D eigenvalue weighted by atomic mass is 32.2. The van der Waals surface area contributed by atoms with E-state index in [1.807, 2.05) is 0 Å². The molecule has 1 aromatic carbocycles. The molecule has 0 saturated carbocycles. The van der Waals surface area contributed by atoms with Crippen molar-refractivity contribution in [3.05, 3.63) is 23.8 Å². The first-order valence-corrected chi connectivity index (χ1v) is 10.6. The molecule has 1 unspecified atom stereocenters. The number of halogens is 3. The van der Waals surface area contributed by atoms with Gasteiger partial charge in [-0.05, 0) is 37.1 Å². The van der Waals surface area contributed by atoms with Crippen LogP contribution in [0.25, 0.3) is 0 Å². The van der Waals surface area contributed by atoms with Crippen molar-refractivity contribution in [2.45, 2.75) is 82.1 Å². The van der Waals surface area contributed by atoms with Crippen molar-refractivity contribution in [1.29, 1.82) is 0 Å². The van der Waals surface area contributed by atoms with Gasteiger partial charge in [-0.15, -0.1) is 11.8 Å². The maximum atomic E-state index is 13.4. The minimum Gasteiger partial charge on any atom is -0.464 e. The summed E-state index contributed by atoms with van der Waals surface area (Å²) in [5, 5.41) is 0. The zero-order chi connectivity index (χ0) is 18.8. The lowest BCUT2D eigenvalue weighted by molar-refractivity contribution is -0.141. The molecule has 2 nitrogen and oxygen atoms in total. The lowest BCUT2D eigenvalue weighted by Crippen LogP contribution is -2.25. The van der Waals surface area contributed by atoms with Crippen molar-refractivity contribution in [2.24, 2.45) is 0 Å². The molecule has 0 bridgehead atoms. The topological polar surface area (TPSA) is 18.5 Å². The quantitative estimate of drug-likeness (QED) is 0.315. The van der Waals surface area contributed by atoms with E-state index in [4.69, 9.17) is 9.47 Å². The van der Waals surface area contributed by atoms with Gasteiger partial charge in [-0.1, -0.05) is 45.1 Å². The third-order valence-corrected chi connectivity index (χ3v) is 5.63. The minimum absolute atomic E-state index is 0.197. The standard InChI is InChI=1S/C20H29F3O2S/c1-2-3-4-5-6-9-15-26-19-16(20(21,22)23)11-10-12-17(19)25-18-13-7-8-14-24-18/h10-12,18H,2-9,13-15H2,1H3. The molecule has 6 heteroatoms. The fourth-order valence-electron chi connectivity index (χ4n) is 2.98. The molecule has 1 heterocycles. The number of thioether (sulfide) groups is 1. The summed E-state index contributed by atoms with van der Waals surface area (Å²) in [7, 11) is 0. The van der Waals surface area contributed by atoms with E-state index in [2.05, 4.69) is 6.92 Å². The van der Waals surface area contributed by atoms with Gasteiger partial charge in [0.15, 0.2) is 6.29 Å². The Kier molecular flexibility index (Phi) is 9.12. The number of alkyl halides is 3. The van der Waals surface area contributed by atoms with E-state index in [0.29, 0.717) is 18.1 Å². The lowest BCUT2D eigenvalue weighted by Gasteiger charge is -2.25. The minimum atomic E-state index is -4.38. The van der Waals surface area contributed by atoms with E-state index < -0.39 is 18.0 Å². The molecule has 1 saturated heterocycles. The molecular formula is C20H29F3O2S. The maximum Gasteiger partial charge on any atom is 0.417 e. The Morgan fingerprint density at radius 3 is 2.58 bits per heavy atom. The molecule has 0 amide bonds. The van der Waals surface area contributed by atoms with Crippen LogP contribution in [0.1, 0.15) is 70.3 Å². The van der Waals surface area contributed by atoms with Gasteiger partial charge in [0.25, 0.3) is 0 Å². The van der Waals surface area contributed by atoms with Crippen LogP contribution in [0.4, 0.5) is 13.2 Å². The van der Waals surface area contributed by atoms with Gasteiger partial charge in [0, 0.05) is 6.42 Å². The third-order valence-electron chi connectivity index (χ3n) is 4.42. The van der Waals surface area contributed by atoms with E-state index >= 15 is 0 Å². The number of hydrogen-bond donors (Lipinski definition) is 0. The number of hydrogen-bond acceptors (Lipinski definition) is 3. The first-order valence-electron chi connectivity index (χ1n) is 9.63. The summed E-state index contributed by atoms with van der Waals surface area (Å²) < 4.78 is 51.6. The van der Waals surface area contributed by atoms with Gasteiger partial charge in [0.05, 0.1) is 17.1 Å². The zero-order valence-electron chi connectivity index (χ0n) is 15.4. The predicted octanol–water partition coefficient (Wildman–Crippen LogP) is 7.06. The second-order valence-electron chi connectivity index (χ2n) is 6.66. The fourth-order valence-corrected chi connectivity index (χ4v) is 4.13. The Bertz CT molecular complexity index is 528. The number of ether oxygens (including phenoxy) is 2. The first-order chi connectivity index (χ1) is 12.5. The van der Waals surface area contributed by atoms with Crippen LogP contribution in [-0.4, -0.2) is 18.6 Å². The largest absolute Gasteiger partial charge is 0.464 e. The number of unbranched alkanes of at least 4 members (excludes halogenated alkanes) is 5. The zero-order valence-corrected chi connectivity index (χ0v) is 16.3. The summed E-state index contributed by atoms with van der Waals surface area (Å²) in [5.74, 6) is 0.962. The lowest BCUT2D eigenvalue weighted by atomic mass is 10.1. The number of rotatable bonds is 10. The van der Waals surface area contributed by atoms with Gasteiger partial charge in [-0.3, -0.25) is 0 Å². The summed E-state index contributed by atoms with van der Waals surface area (Å²) >= 11 is 1.25. The molecule has 0 aromatic heterocycles. The smallest absolute Gasteiger partial charge is 0.417 e. The SMILES string of the molecule is CCCCCCCCSc1c(OC2CCCCO2)cccc1C(F)(F)F. The van der Waals surface area contributed by atoms with Gasteiger partial charge in [-0.2, -0.15) is 13.2 Å². The van der Waals surface area contributed by atoms with E-state index in [0.717, 1.165) is 44.6 Å². The monoisotopic (exact) mass is 390 g/mol. The van der Waals surface area contributed by atoms with Crippen molar-refractivity contribution in [3.63, 3.8) is 0 Å². The maximum absolute atomic E-state index is 13.4. The molecule has 1 aromatic rings. The van der Waals surface area contributed by atoms with Gasteiger partial charge in [-0.25, -0.2) is 0 Å². The third kappa shape index (κ3) is 7.03. The van der Waals surface area contributed by atoms with Gasteiger partial charge >= 0.3 is 6.18 Å². The first kappa shape index (κ1) is 21.4. The van der Waals surface area contributed by atoms with Crippen LogP contribution in [0.3, 0.4) is 0 Å². The molecular weight excluding hydrogens is 361 g/mol. The van der Waals surface area contributed by atoms with E-state index in [1.54, 1.807) is 6.07 Å². The van der Waals surface area contributed by atoms with Crippen LogP contribution < -0.4 is 4.74 Å². The van der Waals surface area contributed by atoms with Crippen molar-refractivity contribution in [2.75, 3.05) is 12.4 Å². The highest BCUT2D eigenvalue weighted by molar-refractivity contribution is 7.99. The molecule has 2 rings (SSSR count). The second kappa shape index (κ2) is 11.1. The second-order valence-corrected chi connectivity index (χ2v) is 7.77. The molecule has 1 aliphatic heterocycles. The average molecular weight is 391 g/mol. The molecule has 0 N–H and O–H groups in total. The van der Waals surface area contributed by atoms with Crippen LogP contribution in [0.5, 0.6) is 5.75 Å². The molecule has 0 radical (unpaired) electrons. The van der Waals surface area contributed by atoms with E-state index in [9.17, 15) is 13.2 Å². The highest BCUT2D eigenvalue weighted by Crippen LogP contribution is 2.42. The van der Waals surface area contributed by atoms with E-state index in [1.165, 1.54) is 37.1 Å². The Morgan fingerprint density at radius 2 is 1.88 bits per heavy atom. The van der Waals surface area contributed by atoms with Crippen LogP contribution in [0.2, 0.25) is 0 Å². The number of benzene rings is 1. The van der Waals surface area contributed by atoms with Crippen molar-refractivity contribution in [1.82, 2.24) is 0 Å². The predicted molar refractivity (Wildman–Crippen MR) is 99.8 cm³/mol. The Balaban J connectivity index is 2.00. The van der Waals surface area contributed by atoms with Crippen molar-refractivity contribution >= 4 is 11.8 Å². The van der Waals surface area contributed by atoms with Gasteiger partial charge in [0.2, 0.25) is 0 Å². The van der Waals surface area contributed by atoms with Gasteiger partial charge < -0.3 is 9.47 Å². The highest BCUT2D eigenvalue weighted by Gasteiger charge is 2.35. The molecule has 1 atom stereocenters. The van der Waals surface area contributed by atoms with Gasteiger partial charge in [0.1, 0.15) is 5.75 Å². The molecule has 1 aliphatic rings. The van der Waals surface area contributed by atoms with Crippen molar-refractivity contribution in [3.8, 4) is 5.75 Å².